The summed E-state index contributed by atoms with van der Waals surface area (Å²) in [6.45, 7) is 4.44. The number of aryl methyl sites for hydroxylation is 1. The molecule has 2 bridgehead atoms. The molecule has 0 amide bonds. The van der Waals surface area contributed by atoms with E-state index in [9.17, 15) is 13.0 Å². The van der Waals surface area contributed by atoms with Gasteiger partial charge in [-0.3, -0.25) is 9.29 Å². The minimum absolute atomic E-state index is 0.000658. The molecule has 2 aliphatic carbocycles. The first-order valence-corrected chi connectivity index (χ1v) is 14.7. The molecule has 10 heteroatoms. The lowest BCUT2D eigenvalue weighted by Gasteiger charge is -2.40. The van der Waals surface area contributed by atoms with E-state index in [1.54, 1.807) is 12.1 Å². The van der Waals surface area contributed by atoms with Gasteiger partial charge in [0.25, 0.3) is 5.89 Å². The number of halogens is 2. The van der Waals surface area contributed by atoms with Gasteiger partial charge in [0.05, 0.1) is 23.1 Å². The smallest absolute Gasteiger partial charge is 0.314 e. The van der Waals surface area contributed by atoms with Crippen molar-refractivity contribution in [3.05, 3.63) is 59.7 Å². The molecule has 4 atom stereocenters. The lowest BCUT2D eigenvalue weighted by atomic mass is 9.92. The van der Waals surface area contributed by atoms with Crippen LogP contribution >= 0.6 is 0 Å². The van der Waals surface area contributed by atoms with Crippen LogP contribution < -0.4 is 4.31 Å². The largest absolute Gasteiger partial charge is 0.415 e. The number of likely N-dealkylation sites (tertiary alicyclic amines) is 1. The number of pyridine rings is 1. The Balaban J connectivity index is 1.16. The number of nitrogens with zero attached hydrogens (tertiary/aromatic N) is 5. The molecule has 1 aliphatic heterocycles. The topological polar surface area (TPSA) is 75.4 Å². The maximum atomic E-state index is 14.0. The second-order valence-electron chi connectivity index (χ2n) is 10.9. The molecular weight excluding hydrogens is 508 g/mol. The molecular formula is C28H33F2N5O2S. The minimum atomic E-state index is -2.82. The summed E-state index contributed by atoms with van der Waals surface area (Å²) in [5.41, 5.74) is 3.19. The minimum Gasteiger partial charge on any atom is -0.415 e. The number of anilines is 1. The Kier molecular flexibility index (Phi) is 7.27. The number of aromatic nitrogens is 3. The van der Waals surface area contributed by atoms with E-state index in [0.29, 0.717) is 12.1 Å². The van der Waals surface area contributed by atoms with Crippen molar-refractivity contribution in [2.75, 3.05) is 17.4 Å². The SMILES string of the molecule is Cc1cccc(N(Cc2ccc(-c3nnc(C(F)F)o3)cn2)S(=O)C2CCN(C3CC4CCC3C4)CC2)c1. The maximum absolute atomic E-state index is 14.0. The summed E-state index contributed by atoms with van der Waals surface area (Å²) in [6.07, 6.45) is 6.12. The van der Waals surface area contributed by atoms with Crippen LogP contribution in [-0.4, -0.2) is 48.7 Å². The summed E-state index contributed by atoms with van der Waals surface area (Å²) in [5.74, 6) is 1.09. The van der Waals surface area contributed by atoms with Crippen molar-refractivity contribution in [2.24, 2.45) is 11.8 Å². The zero-order valence-corrected chi connectivity index (χ0v) is 22.3. The van der Waals surface area contributed by atoms with Crippen LogP contribution in [0.2, 0.25) is 0 Å². The second kappa shape index (κ2) is 10.8. The van der Waals surface area contributed by atoms with Gasteiger partial charge in [-0.1, -0.05) is 18.6 Å². The van der Waals surface area contributed by atoms with E-state index in [2.05, 4.69) is 26.1 Å². The van der Waals surface area contributed by atoms with Gasteiger partial charge in [-0.2, -0.15) is 8.78 Å². The van der Waals surface area contributed by atoms with E-state index in [1.165, 1.54) is 31.9 Å². The molecule has 202 valence electrons. The molecule has 0 spiro atoms. The van der Waals surface area contributed by atoms with Crippen LogP contribution in [0.5, 0.6) is 0 Å². The molecule has 3 heterocycles. The number of rotatable bonds is 8. The highest BCUT2D eigenvalue weighted by Crippen LogP contribution is 2.47. The first-order valence-electron chi connectivity index (χ1n) is 13.5. The van der Waals surface area contributed by atoms with Crippen LogP contribution in [0.15, 0.2) is 47.0 Å². The molecule has 1 aromatic carbocycles. The lowest BCUT2D eigenvalue weighted by Crippen LogP contribution is -2.47. The van der Waals surface area contributed by atoms with Gasteiger partial charge in [0.2, 0.25) is 5.89 Å². The van der Waals surface area contributed by atoms with E-state index in [-0.39, 0.29) is 11.1 Å². The zero-order valence-electron chi connectivity index (χ0n) is 21.5. The van der Waals surface area contributed by atoms with Gasteiger partial charge in [0.1, 0.15) is 11.0 Å². The number of hydrogen-bond donors (Lipinski definition) is 0. The highest BCUT2D eigenvalue weighted by Gasteiger charge is 2.43. The Bertz CT molecular complexity index is 1280. The quantitative estimate of drug-likeness (QED) is 0.364. The Morgan fingerprint density at radius 1 is 1.11 bits per heavy atom. The van der Waals surface area contributed by atoms with E-state index < -0.39 is 23.3 Å². The van der Waals surface area contributed by atoms with E-state index >= 15 is 0 Å². The van der Waals surface area contributed by atoms with Crippen molar-refractivity contribution in [2.45, 2.75) is 69.7 Å². The number of piperidine rings is 1. The van der Waals surface area contributed by atoms with Crippen LogP contribution in [-0.2, 0) is 17.5 Å². The van der Waals surface area contributed by atoms with Crippen LogP contribution in [0.4, 0.5) is 14.5 Å². The summed E-state index contributed by atoms with van der Waals surface area (Å²) < 4.78 is 46.6. The molecule has 2 aromatic heterocycles. The molecule has 6 rings (SSSR count). The monoisotopic (exact) mass is 541 g/mol. The normalized spacial score (nSPS) is 24.8. The summed E-state index contributed by atoms with van der Waals surface area (Å²) in [7, 11) is -1.22. The molecule has 2 saturated carbocycles. The van der Waals surface area contributed by atoms with Crippen LogP contribution in [0.1, 0.15) is 62.1 Å². The fourth-order valence-corrected chi connectivity index (χ4v) is 8.08. The predicted octanol–water partition coefficient (Wildman–Crippen LogP) is 5.70. The molecule has 3 aliphatic rings. The Morgan fingerprint density at radius 2 is 1.95 bits per heavy atom. The van der Waals surface area contributed by atoms with Gasteiger partial charge in [0, 0.05) is 17.9 Å². The van der Waals surface area contributed by atoms with Crippen molar-refractivity contribution in [1.29, 1.82) is 0 Å². The number of alkyl halides is 2. The van der Waals surface area contributed by atoms with E-state index in [0.717, 1.165) is 60.8 Å². The van der Waals surface area contributed by atoms with Crippen molar-refractivity contribution >= 4 is 16.7 Å². The molecule has 7 nitrogen and oxygen atoms in total. The summed E-state index contributed by atoms with van der Waals surface area (Å²) in [6, 6.07) is 12.3. The third-order valence-corrected chi connectivity index (χ3v) is 10.3. The third kappa shape index (κ3) is 5.25. The van der Waals surface area contributed by atoms with E-state index in [4.69, 9.17) is 4.42 Å². The average molecular weight is 542 g/mol. The highest BCUT2D eigenvalue weighted by atomic mass is 32.2. The fraction of sp³-hybridized carbons (Fsp3) is 0.536. The van der Waals surface area contributed by atoms with Gasteiger partial charge in [0.15, 0.2) is 0 Å². The first-order chi connectivity index (χ1) is 18.4. The maximum Gasteiger partial charge on any atom is 0.314 e. The molecule has 0 N–H and O–H groups in total. The van der Waals surface area contributed by atoms with Gasteiger partial charge >= 0.3 is 6.43 Å². The summed E-state index contributed by atoms with van der Waals surface area (Å²) in [5, 5.41) is 7.17. The number of benzene rings is 1. The molecule has 3 aromatic rings. The molecule has 1 saturated heterocycles. The average Bonchev–Trinajstić information content (AvgIpc) is 3.70. The van der Waals surface area contributed by atoms with Crippen molar-refractivity contribution in [3.8, 4) is 11.5 Å². The lowest BCUT2D eigenvalue weighted by molar-refractivity contribution is 0.116. The third-order valence-electron chi connectivity index (χ3n) is 8.44. The molecule has 4 unspecified atom stereocenters. The van der Waals surface area contributed by atoms with Crippen molar-refractivity contribution in [3.63, 3.8) is 0 Å². The summed E-state index contributed by atoms with van der Waals surface area (Å²) in [4.78, 5) is 7.18. The van der Waals surface area contributed by atoms with Crippen LogP contribution in [0.25, 0.3) is 11.5 Å². The van der Waals surface area contributed by atoms with Crippen LogP contribution in [0.3, 0.4) is 0 Å². The number of hydrogen-bond acceptors (Lipinski definition) is 6. The van der Waals surface area contributed by atoms with Crippen molar-refractivity contribution < 1.29 is 17.4 Å². The van der Waals surface area contributed by atoms with Gasteiger partial charge in [-0.15, -0.1) is 10.2 Å². The Morgan fingerprint density at radius 3 is 2.58 bits per heavy atom. The zero-order chi connectivity index (χ0) is 26.2. The number of fused-ring (bicyclic) bond motifs is 2. The Hall–Kier alpha value is -2.72. The Labute approximate surface area is 224 Å². The molecule has 3 fully saturated rings. The fourth-order valence-electron chi connectivity index (χ4n) is 6.52. The van der Waals surface area contributed by atoms with Gasteiger partial charge in [-0.25, -0.2) is 4.21 Å². The second-order valence-corrected chi connectivity index (χ2v) is 12.6. The first kappa shape index (κ1) is 25.6. The standard InChI is InChI=1S/C28H33F2N5O2S/c1-18-3-2-4-23(13-18)35(17-22-8-7-21(16-31-22)27-32-33-28(37-27)26(29)30)38(36)24-9-11-34(12-10-24)25-15-19-5-6-20(25)14-19/h2-4,7-8,13,16,19-20,24-26H,5-6,9-12,14-15,17H2,1H3. The van der Waals surface area contributed by atoms with E-state index in [1.807, 2.05) is 29.4 Å². The highest BCUT2D eigenvalue weighted by molar-refractivity contribution is 7.87. The predicted molar refractivity (Wildman–Crippen MR) is 142 cm³/mol. The van der Waals surface area contributed by atoms with Crippen molar-refractivity contribution in [1.82, 2.24) is 20.1 Å². The van der Waals surface area contributed by atoms with Crippen LogP contribution in [0, 0.1) is 18.8 Å². The van der Waals surface area contributed by atoms with Gasteiger partial charge in [-0.05, 0) is 93.8 Å². The van der Waals surface area contributed by atoms with Gasteiger partial charge < -0.3 is 9.32 Å². The molecule has 0 radical (unpaired) electrons. The summed E-state index contributed by atoms with van der Waals surface area (Å²) >= 11 is 0. The molecule has 38 heavy (non-hydrogen) atoms.